The fraction of sp³-hybridized carbons (Fsp3) is 0.500. The van der Waals surface area contributed by atoms with Crippen molar-refractivity contribution >= 4 is 11.6 Å². The Hall–Kier alpha value is -1.75. The maximum absolute atomic E-state index is 12.1. The molecule has 0 aliphatic carbocycles. The summed E-state index contributed by atoms with van der Waals surface area (Å²) in [6.45, 7) is 3.41. The molecule has 1 aliphatic rings. The van der Waals surface area contributed by atoms with Crippen LogP contribution in [0.15, 0.2) is 18.2 Å². The predicted octanol–water partition coefficient (Wildman–Crippen LogP) is 1.43. The van der Waals surface area contributed by atoms with E-state index >= 15 is 0 Å². The van der Waals surface area contributed by atoms with E-state index in [2.05, 4.69) is 5.32 Å². The molecule has 2 atom stereocenters. The molecular weight excluding hydrogens is 244 g/mol. The molecule has 1 aromatic carbocycles. The zero-order valence-corrected chi connectivity index (χ0v) is 11.3. The summed E-state index contributed by atoms with van der Waals surface area (Å²) in [4.78, 5) is 12.1. The van der Waals surface area contributed by atoms with E-state index in [0.717, 1.165) is 13.0 Å². The third kappa shape index (κ3) is 3.17. The zero-order chi connectivity index (χ0) is 13.8. The van der Waals surface area contributed by atoms with Gasteiger partial charge in [-0.2, -0.15) is 0 Å². The highest BCUT2D eigenvalue weighted by Crippen LogP contribution is 2.21. The minimum atomic E-state index is -0.171. The average molecular weight is 264 g/mol. The van der Waals surface area contributed by atoms with Gasteiger partial charge < -0.3 is 20.5 Å². The van der Waals surface area contributed by atoms with Gasteiger partial charge in [0.2, 0.25) is 0 Å². The molecular formula is C14H20N2O3. The maximum atomic E-state index is 12.1. The van der Waals surface area contributed by atoms with Crippen LogP contribution in [0.3, 0.4) is 0 Å². The van der Waals surface area contributed by atoms with Crippen LogP contribution in [0, 0.1) is 5.92 Å². The largest absolute Gasteiger partial charge is 0.497 e. The number of nitrogens with two attached hydrogens (primary N) is 1. The van der Waals surface area contributed by atoms with Gasteiger partial charge in [0.15, 0.2) is 0 Å². The van der Waals surface area contributed by atoms with E-state index in [1.165, 1.54) is 0 Å². The molecule has 5 heteroatoms. The Kier molecular flexibility index (Phi) is 4.27. The number of anilines is 1. The number of nitrogens with one attached hydrogen (secondary N) is 1. The number of ether oxygens (including phenoxy) is 2. The molecule has 1 fully saturated rings. The lowest BCUT2D eigenvalue weighted by molar-refractivity contribution is 0.0908. The molecule has 0 spiro atoms. The fourth-order valence-electron chi connectivity index (χ4n) is 2.22. The highest BCUT2D eigenvalue weighted by Gasteiger charge is 2.24. The first kappa shape index (κ1) is 13.7. The number of nitrogen functional groups attached to an aromatic ring is 1. The molecule has 2 rings (SSSR count). The fourth-order valence-corrected chi connectivity index (χ4v) is 2.22. The van der Waals surface area contributed by atoms with Gasteiger partial charge in [0.1, 0.15) is 5.75 Å². The van der Waals surface area contributed by atoms with Crippen LogP contribution in [0.4, 0.5) is 5.69 Å². The minimum absolute atomic E-state index is 0.171. The molecule has 0 radical (unpaired) electrons. The van der Waals surface area contributed by atoms with Crippen LogP contribution in [-0.4, -0.2) is 32.3 Å². The number of benzene rings is 1. The van der Waals surface area contributed by atoms with Gasteiger partial charge >= 0.3 is 0 Å². The van der Waals surface area contributed by atoms with E-state index in [1.54, 1.807) is 25.3 Å². The first-order chi connectivity index (χ1) is 9.11. The Bertz CT molecular complexity index is 462. The number of methoxy groups -OCH3 is 1. The second kappa shape index (κ2) is 5.93. The first-order valence-electron chi connectivity index (χ1n) is 6.45. The van der Waals surface area contributed by atoms with E-state index in [4.69, 9.17) is 15.2 Å². The Morgan fingerprint density at radius 1 is 1.58 bits per heavy atom. The number of carbonyl (C=O) groups excluding carboxylic acids is 1. The highest BCUT2D eigenvalue weighted by atomic mass is 16.5. The van der Waals surface area contributed by atoms with Gasteiger partial charge in [0, 0.05) is 24.8 Å². The molecule has 0 saturated carbocycles. The molecule has 3 N–H and O–H groups in total. The maximum Gasteiger partial charge on any atom is 0.253 e. The highest BCUT2D eigenvalue weighted by molar-refractivity contribution is 5.99. The molecule has 2 unspecified atom stereocenters. The third-order valence-electron chi connectivity index (χ3n) is 3.56. The van der Waals surface area contributed by atoms with Crippen molar-refractivity contribution in [3.05, 3.63) is 23.8 Å². The van der Waals surface area contributed by atoms with Crippen molar-refractivity contribution in [1.29, 1.82) is 0 Å². The van der Waals surface area contributed by atoms with Gasteiger partial charge in [-0.3, -0.25) is 4.79 Å². The smallest absolute Gasteiger partial charge is 0.253 e. The molecule has 1 aromatic rings. The van der Waals surface area contributed by atoms with Gasteiger partial charge in [-0.15, -0.1) is 0 Å². The van der Waals surface area contributed by atoms with E-state index in [9.17, 15) is 4.79 Å². The van der Waals surface area contributed by atoms with Gasteiger partial charge in [-0.1, -0.05) is 0 Å². The van der Waals surface area contributed by atoms with E-state index in [0.29, 0.717) is 29.5 Å². The molecule has 19 heavy (non-hydrogen) atoms. The van der Waals surface area contributed by atoms with Crippen LogP contribution in [0.1, 0.15) is 23.7 Å². The van der Waals surface area contributed by atoms with Crippen molar-refractivity contribution in [2.75, 3.05) is 26.0 Å². The molecule has 1 amide bonds. The first-order valence-corrected chi connectivity index (χ1v) is 6.45. The summed E-state index contributed by atoms with van der Waals surface area (Å²) >= 11 is 0. The van der Waals surface area contributed by atoms with E-state index in [1.807, 2.05) is 6.92 Å². The standard InChI is InChI=1S/C14H20N2O3/c1-9-10(5-6-19-9)8-16-14(17)12-7-11(18-2)3-4-13(12)15/h3-4,7,9-10H,5-6,8,15H2,1-2H3,(H,16,17). The summed E-state index contributed by atoms with van der Waals surface area (Å²) in [6.07, 6.45) is 1.18. The molecule has 1 aliphatic heterocycles. The Morgan fingerprint density at radius 2 is 2.37 bits per heavy atom. The summed E-state index contributed by atoms with van der Waals surface area (Å²) in [5.41, 5.74) is 6.72. The molecule has 5 nitrogen and oxygen atoms in total. The second-order valence-electron chi connectivity index (χ2n) is 4.79. The van der Waals surface area contributed by atoms with Gasteiger partial charge in [0.25, 0.3) is 5.91 Å². The second-order valence-corrected chi connectivity index (χ2v) is 4.79. The van der Waals surface area contributed by atoms with Crippen molar-refractivity contribution in [1.82, 2.24) is 5.32 Å². The summed E-state index contributed by atoms with van der Waals surface area (Å²) in [5, 5.41) is 2.91. The number of hydrogen-bond donors (Lipinski definition) is 2. The van der Waals surface area contributed by atoms with Crippen molar-refractivity contribution < 1.29 is 14.3 Å². The third-order valence-corrected chi connectivity index (χ3v) is 3.56. The monoisotopic (exact) mass is 264 g/mol. The van der Waals surface area contributed by atoms with Crippen molar-refractivity contribution in [2.45, 2.75) is 19.4 Å². The lowest BCUT2D eigenvalue weighted by atomic mass is 10.0. The normalized spacial score (nSPS) is 22.2. The number of rotatable bonds is 4. The summed E-state index contributed by atoms with van der Waals surface area (Å²) in [5.74, 6) is 0.822. The summed E-state index contributed by atoms with van der Waals surface area (Å²) in [7, 11) is 1.56. The predicted molar refractivity (Wildman–Crippen MR) is 73.3 cm³/mol. The molecule has 104 valence electrons. The zero-order valence-electron chi connectivity index (χ0n) is 11.3. The van der Waals surface area contributed by atoms with Gasteiger partial charge in [0.05, 0.1) is 18.8 Å². The number of hydrogen-bond acceptors (Lipinski definition) is 4. The van der Waals surface area contributed by atoms with E-state index < -0.39 is 0 Å². The lowest BCUT2D eigenvalue weighted by Gasteiger charge is -2.15. The van der Waals surface area contributed by atoms with Gasteiger partial charge in [-0.25, -0.2) is 0 Å². The Morgan fingerprint density at radius 3 is 3.00 bits per heavy atom. The topological polar surface area (TPSA) is 73.6 Å². The van der Waals surface area contributed by atoms with Crippen molar-refractivity contribution in [2.24, 2.45) is 5.92 Å². The number of carbonyl (C=O) groups is 1. The summed E-state index contributed by atoms with van der Waals surface area (Å²) in [6, 6.07) is 5.06. The van der Waals surface area contributed by atoms with E-state index in [-0.39, 0.29) is 12.0 Å². The van der Waals surface area contributed by atoms with Crippen LogP contribution >= 0.6 is 0 Å². The minimum Gasteiger partial charge on any atom is -0.497 e. The quantitative estimate of drug-likeness (QED) is 0.807. The molecule has 0 aromatic heterocycles. The van der Waals surface area contributed by atoms with Crippen LogP contribution in [0.5, 0.6) is 5.75 Å². The van der Waals surface area contributed by atoms with Crippen LogP contribution in [-0.2, 0) is 4.74 Å². The van der Waals surface area contributed by atoms with Crippen molar-refractivity contribution in [3.63, 3.8) is 0 Å². The Balaban J connectivity index is 1.99. The number of amides is 1. The average Bonchev–Trinajstić information content (AvgIpc) is 2.82. The van der Waals surface area contributed by atoms with Crippen molar-refractivity contribution in [3.8, 4) is 5.75 Å². The van der Waals surface area contributed by atoms with Gasteiger partial charge in [-0.05, 0) is 31.5 Å². The van der Waals surface area contributed by atoms with Crippen LogP contribution in [0.2, 0.25) is 0 Å². The molecule has 0 bridgehead atoms. The summed E-state index contributed by atoms with van der Waals surface area (Å²) < 4.78 is 10.6. The Labute approximate surface area is 113 Å². The lowest BCUT2D eigenvalue weighted by Crippen LogP contribution is -2.32. The molecule has 1 saturated heterocycles. The van der Waals surface area contributed by atoms with Crippen LogP contribution in [0.25, 0.3) is 0 Å². The van der Waals surface area contributed by atoms with Crippen LogP contribution < -0.4 is 15.8 Å². The molecule has 1 heterocycles. The SMILES string of the molecule is COc1ccc(N)c(C(=O)NCC2CCOC2C)c1.